The number of benzene rings is 1. The van der Waals surface area contributed by atoms with Crippen LogP contribution < -0.4 is 5.32 Å². The average Bonchev–Trinajstić information content (AvgIpc) is 3.24. The Kier molecular flexibility index (Phi) is 7.42. The van der Waals surface area contributed by atoms with E-state index in [4.69, 9.17) is 9.84 Å². The summed E-state index contributed by atoms with van der Waals surface area (Å²) in [7, 11) is 0. The molecule has 7 heteroatoms. The van der Waals surface area contributed by atoms with E-state index in [1.54, 1.807) is 0 Å². The summed E-state index contributed by atoms with van der Waals surface area (Å²) in [6.07, 6.45) is 7.13. The molecule has 2 saturated heterocycles. The third kappa shape index (κ3) is 5.27. The van der Waals surface area contributed by atoms with Crippen molar-refractivity contribution < 1.29 is 9.53 Å². The van der Waals surface area contributed by atoms with Gasteiger partial charge in [-0.3, -0.25) is 14.4 Å². The van der Waals surface area contributed by atoms with Crippen molar-refractivity contribution in [2.24, 2.45) is 0 Å². The molecule has 3 aliphatic rings. The average molecular weight is 464 g/mol. The number of carbonyl (C=O) groups excluding carboxylic acids is 1. The van der Waals surface area contributed by atoms with Crippen molar-refractivity contribution in [2.45, 2.75) is 57.3 Å². The number of amides is 1. The molecule has 0 bridgehead atoms. The van der Waals surface area contributed by atoms with E-state index in [0.29, 0.717) is 50.6 Å². The highest BCUT2D eigenvalue weighted by atomic mass is 16.5. The van der Waals surface area contributed by atoms with E-state index in [2.05, 4.69) is 47.1 Å². The Morgan fingerprint density at radius 2 is 1.85 bits per heavy atom. The summed E-state index contributed by atoms with van der Waals surface area (Å²) in [4.78, 5) is 17.8. The van der Waals surface area contributed by atoms with Gasteiger partial charge in [-0.1, -0.05) is 36.4 Å². The van der Waals surface area contributed by atoms with Gasteiger partial charge in [0.2, 0.25) is 0 Å². The van der Waals surface area contributed by atoms with Crippen LogP contribution in [0.2, 0.25) is 0 Å². The Bertz CT molecular complexity index is 974. The summed E-state index contributed by atoms with van der Waals surface area (Å²) in [5.74, 6) is 0.0530. The smallest absolute Gasteiger partial charge is 0.274 e. The Balaban J connectivity index is 1.21. The standard InChI is InChI=1S/C27H37N5O2/c1-2-12-32-25-9-8-23(19-24(25)26(29-32)27(33)31-15-17-34-18-16-31)28-22-10-13-30(14-11-22)20-21-6-4-3-5-7-21/h2-7,22-23,28H,1,8-20H2/t23-/m0/s1. The number of hydrogen-bond donors (Lipinski definition) is 1. The van der Waals surface area contributed by atoms with Gasteiger partial charge in [0.05, 0.1) is 19.8 Å². The number of allylic oxidation sites excluding steroid dienone is 1. The van der Waals surface area contributed by atoms with Crippen molar-refractivity contribution >= 4 is 5.91 Å². The molecule has 0 saturated carbocycles. The minimum Gasteiger partial charge on any atom is -0.378 e. The molecule has 1 atom stereocenters. The van der Waals surface area contributed by atoms with E-state index < -0.39 is 0 Å². The first-order valence-corrected chi connectivity index (χ1v) is 12.8. The predicted molar refractivity (Wildman–Crippen MR) is 133 cm³/mol. The molecule has 34 heavy (non-hydrogen) atoms. The van der Waals surface area contributed by atoms with Crippen LogP contribution >= 0.6 is 0 Å². The van der Waals surface area contributed by atoms with Crippen LogP contribution in [0.5, 0.6) is 0 Å². The van der Waals surface area contributed by atoms with Gasteiger partial charge in [0.15, 0.2) is 5.69 Å². The van der Waals surface area contributed by atoms with E-state index in [1.807, 2.05) is 15.7 Å². The molecule has 5 rings (SSSR count). The Labute approximate surface area is 202 Å². The topological polar surface area (TPSA) is 62.6 Å². The molecule has 2 aromatic rings. The van der Waals surface area contributed by atoms with E-state index in [1.165, 1.54) is 24.1 Å². The normalized spacial score (nSPS) is 21.9. The van der Waals surface area contributed by atoms with Gasteiger partial charge in [-0.15, -0.1) is 6.58 Å². The largest absolute Gasteiger partial charge is 0.378 e. The Hall–Kier alpha value is -2.48. The summed E-state index contributed by atoms with van der Waals surface area (Å²) in [6, 6.07) is 11.7. The van der Waals surface area contributed by atoms with Gasteiger partial charge in [-0.25, -0.2) is 0 Å². The maximum atomic E-state index is 13.3. The number of nitrogens with zero attached hydrogens (tertiary/aromatic N) is 4. The highest BCUT2D eigenvalue weighted by molar-refractivity contribution is 5.94. The number of likely N-dealkylation sites (tertiary alicyclic amines) is 1. The van der Waals surface area contributed by atoms with Gasteiger partial charge in [-0.2, -0.15) is 5.10 Å². The van der Waals surface area contributed by atoms with Crippen LogP contribution in [0.4, 0.5) is 0 Å². The fraction of sp³-hybridized carbons (Fsp3) is 0.556. The van der Waals surface area contributed by atoms with Crippen molar-refractivity contribution in [3.63, 3.8) is 0 Å². The Morgan fingerprint density at radius 3 is 2.59 bits per heavy atom. The van der Waals surface area contributed by atoms with Crippen LogP contribution in [0, 0.1) is 0 Å². The van der Waals surface area contributed by atoms with Crippen LogP contribution in [-0.2, 0) is 30.7 Å². The molecule has 7 nitrogen and oxygen atoms in total. The third-order valence-electron chi connectivity index (χ3n) is 7.46. The minimum atomic E-state index is 0.0530. The predicted octanol–water partition coefficient (Wildman–Crippen LogP) is 2.65. The molecule has 2 aliphatic heterocycles. The molecule has 0 spiro atoms. The zero-order chi connectivity index (χ0) is 23.3. The number of nitrogens with one attached hydrogen (secondary N) is 1. The lowest BCUT2D eigenvalue weighted by molar-refractivity contribution is 0.0297. The molecular weight excluding hydrogens is 426 g/mol. The first-order chi connectivity index (χ1) is 16.7. The van der Waals surface area contributed by atoms with Crippen LogP contribution in [0.3, 0.4) is 0 Å². The minimum absolute atomic E-state index is 0.0530. The zero-order valence-corrected chi connectivity index (χ0v) is 20.1. The summed E-state index contributed by atoms with van der Waals surface area (Å²) < 4.78 is 7.43. The summed E-state index contributed by atoms with van der Waals surface area (Å²) >= 11 is 0. The molecular formula is C27H37N5O2. The van der Waals surface area contributed by atoms with Crippen LogP contribution in [0.1, 0.15) is 46.6 Å². The maximum absolute atomic E-state index is 13.3. The molecule has 1 amide bonds. The Morgan fingerprint density at radius 1 is 1.09 bits per heavy atom. The molecule has 2 fully saturated rings. The van der Waals surface area contributed by atoms with Gasteiger partial charge in [0, 0.05) is 43.0 Å². The van der Waals surface area contributed by atoms with E-state index in [-0.39, 0.29) is 5.91 Å². The van der Waals surface area contributed by atoms with Crippen molar-refractivity contribution in [3.05, 3.63) is 65.5 Å². The molecule has 1 aromatic carbocycles. The summed E-state index contributed by atoms with van der Waals surface area (Å²) in [5.41, 5.74) is 4.39. The van der Waals surface area contributed by atoms with Gasteiger partial charge < -0.3 is 15.0 Å². The fourth-order valence-electron chi connectivity index (χ4n) is 5.62. The van der Waals surface area contributed by atoms with Crippen molar-refractivity contribution in [2.75, 3.05) is 39.4 Å². The monoisotopic (exact) mass is 463 g/mol. The highest BCUT2D eigenvalue weighted by Gasteiger charge is 2.32. The molecule has 0 radical (unpaired) electrons. The molecule has 1 aliphatic carbocycles. The van der Waals surface area contributed by atoms with Gasteiger partial charge in [0.1, 0.15) is 0 Å². The molecule has 0 unspecified atom stereocenters. The summed E-state index contributed by atoms with van der Waals surface area (Å²) in [5, 5.41) is 8.71. The number of fused-ring (bicyclic) bond motifs is 1. The fourth-order valence-corrected chi connectivity index (χ4v) is 5.62. The second-order valence-electron chi connectivity index (χ2n) is 9.79. The first kappa shape index (κ1) is 23.3. The van der Waals surface area contributed by atoms with Crippen molar-refractivity contribution in [1.29, 1.82) is 0 Å². The summed E-state index contributed by atoms with van der Waals surface area (Å²) in [6.45, 7) is 10.3. The third-order valence-corrected chi connectivity index (χ3v) is 7.46. The van der Waals surface area contributed by atoms with Gasteiger partial charge >= 0.3 is 0 Å². The first-order valence-electron chi connectivity index (χ1n) is 12.8. The van der Waals surface area contributed by atoms with E-state index in [9.17, 15) is 4.79 Å². The molecule has 182 valence electrons. The van der Waals surface area contributed by atoms with Crippen LogP contribution in [-0.4, -0.2) is 77.0 Å². The van der Waals surface area contributed by atoms with Gasteiger partial charge in [0.25, 0.3) is 5.91 Å². The maximum Gasteiger partial charge on any atom is 0.274 e. The number of rotatable bonds is 7. The van der Waals surface area contributed by atoms with Gasteiger partial charge in [-0.05, 0) is 50.8 Å². The molecule has 1 N–H and O–H groups in total. The lowest BCUT2D eigenvalue weighted by Crippen LogP contribution is -2.47. The number of morpholine rings is 1. The van der Waals surface area contributed by atoms with Crippen LogP contribution in [0.15, 0.2) is 43.0 Å². The molecule has 3 heterocycles. The lowest BCUT2D eigenvalue weighted by Gasteiger charge is -2.36. The number of aromatic nitrogens is 2. The van der Waals surface area contributed by atoms with E-state index in [0.717, 1.165) is 44.5 Å². The second-order valence-corrected chi connectivity index (χ2v) is 9.79. The number of carbonyl (C=O) groups is 1. The SMILES string of the molecule is C=CCn1nc(C(=O)N2CCOCC2)c2c1CC[C@H](NC1CCN(Cc3ccccc3)CC1)C2. The molecule has 1 aromatic heterocycles. The number of ether oxygens (including phenoxy) is 1. The lowest BCUT2D eigenvalue weighted by atomic mass is 9.89. The number of piperidine rings is 1. The van der Waals surface area contributed by atoms with Crippen molar-refractivity contribution in [3.8, 4) is 0 Å². The van der Waals surface area contributed by atoms with Crippen LogP contribution in [0.25, 0.3) is 0 Å². The zero-order valence-electron chi connectivity index (χ0n) is 20.1. The number of hydrogen-bond acceptors (Lipinski definition) is 5. The van der Waals surface area contributed by atoms with Crippen molar-refractivity contribution in [1.82, 2.24) is 24.9 Å². The second kappa shape index (κ2) is 10.8. The van der Waals surface area contributed by atoms with E-state index >= 15 is 0 Å². The highest BCUT2D eigenvalue weighted by Crippen LogP contribution is 2.27. The quantitative estimate of drug-likeness (QED) is 0.640.